The molecule has 0 saturated carbocycles. The third-order valence-corrected chi connectivity index (χ3v) is 4.90. The van der Waals surface area contributed by atoms with Crippen LogP contribution in [0.4, 0.5) is 10.3 Å². The second-order valence-electron chi connectivity index (χ2n) is 6.06. The fourth-order valence-electron chi connectivity index (χ4n) is 2.36. The van der Waals surface area contributed by atoms with E-state index in [0.29, 0.717) is 11.3 Å². The van der Waals surface area contributed by atoms with Gasteiger partial charge in [-0.15, -0.1) is 0 Å². The molecule has 134 valence electrons. The molecule has 1 aromatic heterocycles. The second kappa shape index (κ2) is 7.31. The summed E-state index contributed by atoms with van der Waals surface area (Å²) in [5, 5.41) is 0. The van der Waals surface area contributed by atoms with Crippen LogP contribution in [0.5, 0.6) is 0 Å². The van der Waals surface area contributed by atoms with Gasteiger partial charge >= 0.3 is 0 Å². The minimum atomic E-state index is -3.50. The molecule has 0 radical (unpaired) electrons. The van der Waals surface area contributed by atoms with Crippen molar-refractivity contribution in [2.24, 2.45) is 0 Å². The van der Waals surface area contributed by atoms with Crippen molar-refractivity contribution in [3.63, 3.8) is 0 Å². The van der Waals surface area contributed by atoms with Crippen LogP contribution in [0, 0.1) is 5.82 Å². The van der Waals surface area contributed by atoms with Crippen molar-refractivity contribution in [2.45, 2.75) is 26.7 Å². The highest BCUT2D eigenvalue weighted by Gasteiger charge is 2.21. The molecule has 0 aliphatic rings. The van der Waals surface area contributed by atoms with E-state index in [2.05, 4.69) is 9.97 Å². The van der Waals surface area contributed by atoms with Gasteiger partial charge in [0, 0.05) is 18.2 Å². The molecule has 25 heavy (non-hydrogen) atoms. The van der Waals surface area contributed by atoms with E-state index in [1.807, 2.05) is 32.9 Å². The molecule has 2 rings (SSSR count). The minimum absolute atomic E-state index is 0.0557. The molecule has 0 fully saturated rings. The van der Waals surface area contributed by atoms with Gasteiger partial charge in [-0.1, -0.05) is 26.0 Å². The van der Waals surface area contributed by atoms with Gasteiger partial charge in [0.25, 0.3) is 0 Å². The zero-order valence-corrected chi connectivity index (χ0v) is 15.8. The topological polar surface area (TPSA) is 63.2 Å². The Balaban J connectivity index is 2.81. The fraction of sp³-hybridized carbons (Fsp3) is 0.333. The van der Waals surface area contributed by atoms with Crippen molar-refractivity contribution in [3.05, 3.63) is 47.4 Å². The third kappa shape index (κ3) is 4.22. The van der Waals surface area contributed by atoms with Gasteiger partial charge in [0.15, 0.2) is 0 Å². The Morgan fingerprint density at radius 1 is 1.16 bits per heavy atom. The number of hydrogen-bond acceptors (Lipinski definition) is 4. The SMILES string of the molecule is C/C=C\c1c(-c2ccc(F)cc2)nc(N(C)S(C)(=O)=O)nc1C(C)C. The average Bonchev–Trinajstić information content (AvgIpc) is 2.54. The number of benzene rings is 1. The van der Waals surface area contributed by atoms with Crippen molar-refractivity contribution in [3.8, 4) is 11.3 Å². The Morgan fingerprint density at radius 2 is 1.76 bits per heavy atom. The molecule has 0 spiro atoms. The maximum Gasteiger partial charge on any atom is 0.239 e. The van der Waals surface area contributed by atoms with Crippen LogP contribution in [0.15, 0.2) is 30.3 Å². The van der Waals surface area contributed by atoms with E-state index >= 15 is 0 Å². The number of nitrogens with zero attached hydrogens (tertiary/aromatic N) is 3. The lowest BCUT2D eigenvalue weighted by Crippen LogP contribution is -2.27. The average molecular weight is 363 g/mol. The molecule has 0 aliphatic heterocycles. The molecule has 0 atom stereocenters. The predicted molar refractivity (Wildman–Crippen MR) is 99.5 cm³/mol. The standard InChI is InChI=1S/C18H22FN3O2S/c1-6-7-15-16(12(2)3)20-18(22(4)25(5,23)24)21-17(15)13-8-10-14(19)11-9-13/h6-12H,1-5H3/b7-6-. The third-order valence-electron chi connectivity index (χ3n) is 3.74. The summed E-state index contributed by atoms with van der Waals surface area (Å²) < 4.78 is 38.1. The van der Waals surface area contributed by atoms with Crippen molar-refractivity contribution < 1.29 is 12.8 Å². The monoisotopic (exact) mass is 363 g/mol. The van der Waals surface area contributed by atoms with E-state index in [-0.39, 0.29) is 17.7 Å². The number of anilines is 1. The van der Waals surface area contributed by atoms with E-state index in [4.69, 9.17) is 0 Å². The van der Waals surface area contributed by atoms with Crippen molar-refractivity contribution >= 4 is 22.0 Å². The molecule has 0 aliphatic carbocycles. The highest BCUT2D eigenvalue weighted by molar-refractivity contribution is 7.92. The molecule has 1 aromatic carbocycles. The first-order valence-electron chi connectivity index (χ1n) is 7.89. The fourth-order valence-corrected chi connectivity index (χ4v) is 2.74. The van der Waals surface area contributed by atoms with Gasteiger partial charge in [0.2, 0.25) is 16.0 Å². The zero-order chi connectivity index (χ0) is 18.8. The smallest absolute Gasteiger partial charge is 0.239 e. The molecular weight excluding hydrogens is 341 g/mol. The first-order valence-corrected chi connectivity index (χ1v) is 9.74. The van der Waals surface area contributed by atoms with Crippen LogP contribution >= 0.6 is 0 Å². The van der Waals surface area contributed by atoms with Gasteiger partial charge in [-0.25, -0.2) is 27.1 Å². The number of rotatable bonds is 5. The van der Waals surface area contributed by atoms with E-state index in [1.165, 1.54) is 19.2 Å². The molecule has 2 aromatic rings. The Kier molecular flexibility index (Phi) is 5.57. The van der Waals surface area contributed by atoms with Crippen LogP contribution in [0.25, 0.3) is 17.3 Å². The van der Waals surface area contributed by atoms with Crippen LogP contribution in [-0.4, -0.2) is 31.7 Å². The normalized spacial score (nSPS) is 12.1. The quantitative estimate of drug-likeness (QED) is 0.810. The van der Waals surface area contributed by atoms with Crippen LogP contribution in [-0.2, 0) is 10.0 Å². The van der Waals surface area contributed by atoms with Gasteiger partial charge < -0.3 is 0 Å². The van der Waals surface area contributed by atoms with Gasteiger partial charge in [0.1, 0.15) is 5.82 Å². The maximum atomic E-state index is 13.3. The first kappa shape index (κ1) is 19.1. The highest BCUT2D eigenvalue weighted by atomic mass is 32.2. The van der Waals surface area contributed by atoms with E-state index < -0.39 is 10.0 Å². The molecule has 0 unspecified atom stereocenters. The van der Waals surface area contributed by atoms with Crippen molar-refractivity contribution in [1.82, 2.24) is 9.97 Å². The Morgan fingerprint density at radius 3 is 2.24 bits per heavy atom. The van der Waals surface area contributed by atoms with Gasteiger partial charge in [0.05, 0.1) is 17.6 Å². The van der Waals surface area contributed by atoms with Crippen LogP contribution in [0.1, 0.15) is 37.9 Å². The summed E-state index contributed by atoms with van der Waals surface area (Å²) >= 11 is 0. The largest absolute Gasteiger partial charge is 0.241 e. The van der Waals surface area contributed by atoms with Gasteiger partial charge in [-0.2, -0.15) is 0 Å². The lowest BCUT2D eigenvalue weighted by Gasteiger charge is -2.20. The lowest BCUT2D eigenvalue weighted by molar-refractivity contribution is 0.599. The summed E-state index contributed by atoms with van der Waals surface area (Å²) in [7, 11) is -2.08. The summed E-state index contributed by atoms with van der Waals surface area (Å²) in [6, 6.07) is 5.95. The van der Waals surface area contributed by atoms with Crippen molar-refractivity contribution in [1.29, 1.82) is 0 Å². The summed E-state index contributed by atoms with van der Waals surface area (Å²) in [5.74, 6) is -0.193. The Hall–Kier alpha value is -2.28. The molecule has 5 nitrogen and oxygen atoms in total. The van der Waals surface area contributed by atoms with E-state index in [9.17, 15) is 12.8 Å². The number of hydrogen-bond donors (Lipinski definition) is 0. The Labute approximate surface area is 148 Å². The van der Waals surface area contributed by atoms with E-state index in [1.54, 1.807) is 12.1 Å². The molecule has 7 heteroatoms. The van der Waals surface area contributed by atoms with Crippen LogP contribution < -0.4 is 4.31 Å². The number of halogens is 1. The lowest BCUT2D eigenvalue weighted by atomic mass is 9.98. The summed E-state index contributed by atoms with van der Waals surface area (Å²) in [6.45, 7) is 5.84. The molecule has 0 bridgehead atoms. The number of aromatic nitrogens is 2. The van der Waals surface area contributed by atoms with E-state index in [0.717, 1.165) is 21.8 Å². The van der Waals surface area contributed by atoms with Crippen LogP contribution in [0.3, 0.4) is 0 Å². The Bertz CT molecular complexity index is 891. The summed E-state index contributed by atoms with van der Waals surface area (Å²) in [4.78, 5) is 8.93. The number of sulfonamides is 1. The molecule has 0 amide bonds. The highest BCUT2D eigenvalue weighted by Crippen LogP contribution is 2.31. The summed E-state index contributed by atoms with van der Waals surface area (Å²) in [6.07, 6.45) is 4.86. The molecule has 0 saturated heterocycles. The summed E-state index contributed by atoms with van der Waals surface area (Å²) in [5.41, 5.74) is 2.80. The zero-order valence-electron chi connectivity index (χ0n) is 15.0. The number of allylic oxidation sites excluding steroid dienone is 1. The predicted octanol–water partition coefficient (Wildman–Crippen LogP) is 3.84. The molecule has 1 heterocycles. The first-order chi connectivity index (χ1) is 11.6. The maximum absolute atomic E-state index is 13.3. The molecular formula is C18H22FN3O2S. The minimum Gasteiger partial charge on any atom is -0.241 e. The molecule has 0 N–H and O–H groups in total. The van der Waals surface area contributed by atoms with Gasteiger partial charge in [-0.05, 0) is 37.1 Å². The van der Waals surface area contributed by atoms with Crippen molar-refractivity contribution in [2.75, 3.05) is 17.6 Å². The van der Waals surface area contributed by atoms with Gasteiger partial charge in [-0.3, -0.25) is 0 Å². The second-order valence-corrected chi connectivity index (χ2v) is 8.08. The van der Waals surface area contributed by atoms with Crippen LogP contribution in [0.2, 0.25) is 0 Å².